The summed E-state index contributed by atoms with van der Waals surface area (Å²) in [5.41, 5.74) is 6.85. The number of carboxylic acid groups (broad SMARTS) is 1. The number of ether oxygens (including phenoxy) is 1. The van der Waals surface area contributed by atoms with E-state index in [-0.39, 0.29) is 0 Å². The molecular weight excluding hydrogens is 302 g/mol. The highest BCUT2D eigenvalue weighted by Gasteiger charge is 2.15. The van der Waals surface area contributed by atoms with Crippen LogP contribution < -0.4 is 10.5 Å². The Morgan fingerprint density at radius 1 is 1.04 bits per heavy atom. The van der Waals surface area contributed by atoms with E-state index in [9.17, 15) is 4.79 Å². The quantitative estimate of drug-likeness (QED) is 0.678. The van der Waals surface area contributed by atoms with Gasteiger partial charge in [-0.2, -0.15) is 0 Å². The minimum absolute atomic E-state index is 0.462. The van der Waals surface area contributed by atoms with Crippen LogP contribution in [0.3, 0.4) is 0 Å². The summed E-state index contributed by atoms with van der Waals surface area (Å²) in [5.74, 6) is -0.0633. The number of methoxy groups -OCH3 is 1. The van der Waals surface area contributed by atoms with E-state index in [1.807, 2.05) is 24.3 Å². The fraction of sp³-hybridized carbons (Fsp3) is 0.250. The number of fused-ring (bicyclic) bond motifs is 2. The Morgan fingerprint density at radius 2 is 1.54 bits per heavy atom. The summed E-state index contributed by atoms with van der Waals surface area (Å²) in [4.78, 5) is 10.9. The van der Waals surface area contributed by atoms with Gasteiger partial charge in [-0.3, -0.25) is 4.79 Å². The van der Waals surface area contributed by atoms with Crippen molar-refractivity contribution >= 4 is 27.5 Å². The van der Waals surface area contributed by atoms with E-state index in [0.717, 1.165) is 40.1 Å². The lowest BCUT2D eigenvalue weighted by Gasteiger charge is -2.16. The van der Waals surface area contributed by atoms with Gasteiger partial charge in [0.05, 0.1) is 7.11 Å². The normalized spacial score (nSPS) is 12.4. The molecule has 24 heavy (non-hydrogen) atoms. The third kappa shape index (κ3) is 2.93. The van der Waals surface area contributed by atoms with E-state index in [0.29, 0.717) is 6.42 Å². The van der Waals surface area contributed by atoms with Crippen molar-refractivity contribution in [2.45, 2.75) is 25.3 Å². The Bertz CT molecular complexity index is 832. The zero-order valence-electron chi connectivity index (χ0n) is 13.7. The Morgan fingerprint density at radius 3 is 2.00 bits per heavy atom. The van der Waals surface area contributed by atoms with Gasteiger partial charge in [0.2, 0.25) is 0 Å². The van der Waals surface area contributed by atoms with Crippen LogP contribution in [-0.4, -0.2) is 24.2 Å². The third-order valence-electron chi connectivity index (χ3n) is 4.46. The van der Waals surface area contributed by atoms with Gasteiger partial charge in [0.1, 0.15) is 11.8 Å². The number of rotatable bonds is 6. The van der Waals surface area contributed by atoms with Crippen molar-refractivity contribution in [1.82, 2.24) is 0 Å². The summed E-state index contributed by atoms with van der Waals surface area (Å²) in [7, 11) is 1.69. The molecule has 0 fully saturated rings. The van der Waals surface area contributed by atoms with E-state index in [2.05, 4.69) is 24.3 Å². The number of carbonyl (C=O) groups is 1. The van der Waals surface area contributed by atoms with Gasteiger partial charge in [0.15, 0.2) is 0 Å². The van der Waals surface area contributed by atoms with E-state index < -0.39 is 12.0 Å². The van der Waals surface area contributed by atoms with Crippen LogP contribution in [0.1, 0.15) is 18.4 Å². The average molecular weight is 323 g/mol. The first-order valence-electron chi connectivity index (χ1n) is 8.08. The lowest BCUT2D eigenvalue weighted by Crippen LogP contribution is -2.29. The maximum atomic E-state index is 10.9. The summed E-state index contributed by atoms with van der Waals surface area (Å²) >= 11 is 0. The molecule has 0 aliphatic carbocycles. The van der Waals surface area contributed by atoms with Gasteiger partial charge in [-0.1, -0.05) is 48.5 Å². The molecule has 1 atom stereocenters. The summed E-state index contributed by atoms with van der Waals surface area (Å²) in [6.45, 7) is 0. The van der Waals surface area contributed by atoms with E-state index in [4.69, 9.17) is 15.6 Å². The molecule has 0 spiro atoms. The number of aryl methyl sites for hydroxylation is 1. The van der Waals surface area contributed by atoms with Gasteiger partial charge in [0.25, 0.3) is 0 Å². The van der Waals surface area contributed by atoms with Crippen LogP contribution >= 0.6 is 0 Å². The van der Waals surface area contributed by atoms with Gasteiger partial charge in [-0.25, -0.2) is 0 Å². The Balaban J connectivity index is 2.09. The maximum Gasteiger partial charge on any atom is 0.320 e. The summed E-state index contributed by atoms with van der Waals surface area (Å²) < 4.78 is 5.67. The highest BCUT2D eigenvalue weighted by atomic mass is 16.5. The van der Waals surface area contributed by atoms with Gasteiger partial charge < -0.3 is 15.6 Å². The molecule has 0 amide bonds. The molecule has 124 valence electrons. The van der Waals surface area contributed by atoms with E-state index >= 15 is 0 Å². The average Bonchev–Trinajstić information content (AvgIpc) is 2.61. The maximum absolute atomic E-state index is 10.9. The monoisotopic (exact) mass is 323 g/mol. The van der Waals surface area contributed by atoms with Gasteiger partial charge in [-0.05, 0) is 35.6 Å². The van der Waals surface area contributed by atoms with Crippen molar-refractivity contribution in [1.29, 1.82) is 0 Å². The third-order valence-corrected chi connectivity index (χ3v) is 4.46. The van der Waals surface area contributed by atoms with Crippen LogP contribution in [0.25, 0.3) is 21.5 Å². The molecule has 0 bridgehead atoms. The molecule has 3 aromatic rings. The predicted molar refractivity (Wildman–Crippen MR) is 96.6 cm³/mol. The number of nitrogens with two attached hydrogens (primary N) is 1. The van der Waals surface area contributed by atoms with Crippen LogP contribution in [0.4, 0.5) is 0 Å². The second-order valence-corrected chi connectivity index (χ2v) is 5.94. The molecule has 3 aromatic carbocycles. The number of hydrogen-bond donors (Lipinski definition) is 2. The molecule has 0 unspecified atom stereocenters. The van der Waals surface area contributed by atoms with Crippen molar-refractivity contribution in [2.24, 2.45) is 5.73 Å². The topological polar surface area (TPSA) is 72.5 Å². The molecule has 0 radical (unpaired) electrons. The zero-order valence-corrected chi connectivity index (χ0v) is 13.7. The first kappa shape index (κ1) is 16.3. The van der Waals surface area contributed by atoms with Crippen molar-refractivity contribution in [2.75, 3.05) is 7.11 Å². The lowest BCUT2D eigenvalue weighted by molar-refractivity contribution is -0.138. The van der Waals surface area contributed by atoms with Gasteiger partial charge in [0, 0.05) is 10.8 Å². The molecule has 0 heterocycles. The predicted octanol–water partition coefficient (Wildman–Crippen LogP) is 3.74. The van der Waals surface area contributed by atoms with E-state index in [1.54, 1.807) is 7.11 Å². The van der Waals surface area contributed by atoms with Crippen LogP contribution in [0.15, 0.2) is 48.5 Å². The SMILES string of the molecule is COc1c2ccccc2c(CCC[C@H](N)C(=O)O)c2ccccc12. The van der Waals surface area contributed by atoms with Crippen molar-refractivity contribution in [3.63, 3.8) is 0 Å². The van der Waals surface area contributed by atoms with Gasteiger partial charge in [-0.15, -0.1) is 0 Å². The molecule has 4 heteroatoms. The van der Waals surface area contributed by atoms with Crippen LogP contribution in [-0.2, 0) is 11.2 Å². The molecule has 4 nitrogen and oxygen atoms in total. The highest BCUT2D eigenvalue weighted by molar-refractivity contribution is 6.08. The Hall–Kier alpha value is -2.59. The Kier molecular flexibility index (Phi) is 4.67. The first-order valence-corrected chi connectivity index (χ1v) is 8.08. The fourth-order valence-corrected chi connectivity index (χ4v) is 3.29. The number of benzene rings is 3. The van der Waals surface area contributed by atoms with Crippen LogP contribution in [0.2, 0.25) is 0 Å². The summed E-state index contributed by atoms with van der Waals surface area (Å²) in [6.07, 6.45) is 1.98. The lowest BCUT2D eigenvalue weighted by atomic mass is 9.92. The van der Waals surface area contributed by atoms with E-state index in [1.165, 1.54) is 5.56 Å². The minimum Gasteiger partial charge on any atom is -0.495 e. The van der Waals surface area contributed by atoms with Crippen molar-refractivity contribution in [3.8, 4) is 5.75 Å². The zero-order chi connectivity index (χ0) is 17.1. The second kappa shape index (κ2) is 6.89. The fourth-order valence-electron chi connectivity index (χ4n) is 3.29. The highest BCUT2D eigenvalue weighted by Crippen LogP contribution is 2.38. The molecule has 0 saturated heterocycles. The Labute approximate surface area is 140 Å². The standard InChI is InChI=1S/C20H21NO3/c1-24-19-16-9-4-2-7-14(16)13(11-6-12-18(21)20(22)23)15-8-3-5-10-17(15)19/h2-5,7-10,18H,6,11-12,21H2,1H3,(H,22,23)/t18-/m0/s1. The molecular formula is C20H21NO3. The summed E-state index contributed by atoms with van der Waals surface area (Å²) in [6, 6.07) is 15.5. The largest absolute Gasteiger partial charge is 0.495 e. The molecule has 3 rings (SSSR count). The minimum atomic E-state index is -0.945. The molecule has 0 aromatic heterocycles. The molecule has 0 aliphatic rings. The van der Waals surface area contributed by atoms with Gasteiger partial charge >= 0.3 is 5.97 Å². The smallest absolute Gasteiger partial charge is 0.320 e. The van der Waals surface area contributed by atoms with Crippen molar-refractivity contribution in [3.05, 3.63) is 54.1 Å². The molecule has 3 N–H and O–H groups in total. The molecule has 0 saturated carbocycles. The number of aliphatic carboxylic acids is 1. The number of hydrogen-bond acceptors (Lipinski definition) is 3. The molecule has 0 aliphatic heterocycles. The van der Waals surface area contributed by atoms with Crippen molar-refractivity contribution < 1.29 is 14.6 Å². The number of carboxylic acids is 1. The summed E-state index contributed by atoms with van der Waals surface area (Å²) in [5, 5.41) is 13.4. The second-order valence-electron chi connectivity index (χ2n) is 5.94. The van der Waals surface area contributed by atoms with Crippen LogP contribution in [0, 0.1) is 0 Å². The van der Waals surface area contributed by atoms with Crippen LogP contribution in [0.5, 0.6) is 5.75 Å². The first-order chi connectivity index (χ1) is 11.6.